The Balaban J connectivity index is 1.45. The minimum absolute atomic E-state index is 0.354. The van der Waals surface area contributed by atoms with Gasteiger partial charge in [-0.1, -0.05) is 54.6 Å². The topological polar surface area (TPSA) is 46.5 Å². The van der Waals surface area contributed by atoms with Crippen LogP contribution in [0.1, 0.15) is 5.56 Å². The molecule has 0 saturated heterocycles. The predicted octanol–water partition coefficient (Wildman–Crippen LogP) is 8.95. The van der Waals surface area contributed by atoms with E-state index < -0.39 is 5.95 Å². The van der Waals surface area contributed by atoms with Crippen LogP contribution in [0.4, 0.5) is 4.39 Å². The summed E-state index contributed by atoms with van der Waals surface area (Å²) in [6, 6.07) is 42.8. The van der Waals surface area contributed by atoms with Crippen molar-refractivity contribution in [1.82, 2.24) is 14.1 Å². The molecule has 0 spiro atoms. The van der Waals surface area contributed by atoms with E-state index in [4.69, 9.17) is 0 Å². The lowest BCUT2D eigenvalue weighted by molar-refractivity contribution is 0.587. The number of hydrogen-bond donors (Lipinski definition) is 0. The Morgan fingerprint density at radius 2 is 1.17 bits per heavy atom. The van der Waals surface area contributed by atoms with Gasteiger partial charge in [0.25, 0.3) is 0 Å². The van der Waals surface area contributed by atoms with Crippen LogP contribution in [0.15, 0.2) is 128 Å². The Kier molecular flexibility index (Phi) is 5.03. The van der Waals surface area contributed by atoms with Crippen LogP contribution in [0.3, 0.4) is 0 Å². The number of para-hydroxylation sites is 3. The van der Waals surface area contributed by atoms with Crippen LogP contribution >= 0.6 is 0 Å². The van der Waals surface area contributed by atoms with Crippen molar-refractivity contribution in [3.05, 3.63) is 139 Å². The molecule has 5 aromatic carbocycles. The second-order valence-corrected chi connectivity index (χ2v) is 10.1. The van der Waals surface area contributed by atoms with Crippen molar-refractivity contribution < 1.29 is 4.39 Å². The molecule has 0 fully saturated rings. The fourth-order valence-corrected chi connectivity index (χ4v) is 6.16. The average Bonchev–Trinajstić information content (AvgIpc) is 3.54. The summed E-state index contributed by atoms with van der Waals surface area (Å²) in [6.07, 6.45) is 1.43. The number of hydrogen-bond acceptors (Lipinski definition) is 2. The molecule has 0 aliphatic heterocycles. The molecule has 0 radical (unpaired) electrons. The molecule has 192 valence electrons. The van der Waals surface area contributed by atoms with E-state index in [9.17, 15) is 5.26 Å². The van der Waals surface area contributed by atoms with E-state index in [1.54, 1.807) is 24.3 Å². The minimum Gasteiger partial charge on any atom is -0.309 e. The molecular formula is C36H21FN4. The van der Waals surface area contributed by atoms with E-state index >= 15 is 4.39 Å². The summed E-state index contributed by atoms with van der Waals surface area (Å²) in [6.45, 7) is 0. The lowest BCUT2D eigenvalue weighted by Crippen LogP contribution is -2.00. The summed E-state index contributed by atoms with van der Waals surface area (Å²) < 4.78 is 19.5. The fourth-order valence-electron chi connectivity index (χ4n) is 6.16. The van der Waals surface area contributed by atoms with E-state index in [-0.39, 0.29) is 0 Å². The molecule has 3 heterocycles. The number of nitrogens with zero attached hydrogens (tertiary/aromatic N) is 4. The van der Waals surface area contributed by atoms with Gasteiger partial charge in [-0.05, 0) is 66.7 Å². The van der Waals surface area contributed by atoms with Gasteiger partial charge in [0.1, 0.15) is 0 Å². The highest BCUT2D eigenvalue weighted by Gasteiger charge is 2.19. The highest BCUT2D eigenvalue weighted by Crippen LogP contribution is 2.39. The lowest BCUT2D eigenvalue weighted by Gasteiger charge is -2.15. The van der Waals surface area contributed by atoms with E-state index in [1.807, 2.05) is 18.2 Å². The third-order valence-corrected chi connectivity index (χ3v) is 7.91. The van der Waals surface area contributed by atoms with Gasteiger partial charge in [0.15, 0.2) is 0 Å². The second-order valence-electron chi connectivity index (χ2n) is 10.1. The Morgan fingerprint density at radius 1 is 0.561 bits per heavy atom. The molecule has 0 unspecified atom stereocenters. The third-order valence-electron chi connectivity index (χ3n) is 7.91. The molecule has 8 aromatic rings. The SMILES string of the molecule is N#Cc1ccc(-n2c3ccccc3c3cc(-n4c5ccccc5c5ccccc54)ccc32)c(-c2cccnc2F)c1. The van der Waals surface area contributed by atoms with Crippen molar-refractivity contribution in [1.29, 1.82) is 5.26 Å². The van der Waals surface area contributed by atoms with Gasteiger partial charge in [-0.25, -0.2) is 4.98 Å². The predicted molar refractivity (Wildman–Crippen MR) is 163 cm³/mol. The quantitative estimate of drug-likeness (QED) is 0.215. The van der Waals surface area contributed by atoms with Gasteiger partial charge in [0.05, 0.1) is 39.4 Å². The molecule has 0 bridgehead atoms. The largest absolute Gasteiger partial charge is 0.309 e. The summed E-state index contributed by atoms with van der Waals surface area (Å²) in [7, 11) is 0. The monoisotopic (exact) mass is 528 g/mol. The van der Waals surface area contributed by atoms with Crippen LogP contribution < -0.4 is 0 Å². The molecule has 0 aliphatic carbocycles. The minimum atomic E-state index is -0.571. The zero-order valence-corrected chi connectivity index (χ0v) is 21.8. The number of aromatic nitrogens is 3. The van der Waals surface area contributed by atoms with Gasteiger partial charge in [0.2, 0.25) is 5.95 Å². The standard InChI is InChI=1S/C36H21FN4/c37-36-28(11-7-19-39-36)29-20-23(22-38)15-17-34(29)41-33-14-6-3-10-27(33)30-21-24(16-18-35(30)41)40-31-12-4-1-8-25(31)26-9-2-5-13-32(26)40/h1-21H. The van der Waals surface area contributed by atoms with Gasteiger partial charge in [-0.2, -0.15) is 9.65 Å². The molecule has 0 aliphatic rings. The zero-order chi connectivity index (χ0) is 27.5. The van der Waals surface area contributed by atoms with Gasteiger partial charge in [-0.3, -0.25) is 0 Å². The summed E-state index contributed by atoms with van der Waals surface area (Å²) in [5, 5.41) is 14.2. The van der Waals surface area contributed by atoms with Crippen LogP contribution in [0.5, 0.6) is 0 Å². The maximum Gasteiger partial charge on any atom is 0.220 e. The van der Waals surface area contributed by atoms with E-state index in [2.05, 4.69) is 99.1 Å². The lowest BCUT2D eigenvalue weighted by atomic mass is 10.0. The third kappa shape index (κ3) is 3.41. The van der Waals surface area contributed by atoms with Gasteiger partial charge >= 0.3 is 0 Å². The fraction of sp³-hybridized carbons (Fsp3) is 0. The van der Waals surface area contributed by atoms with Crippen molar-refractivity contribution in [3.8, 4) is 28.6 Å². The van der Waals surface area contributed by atoms with Crippen molar-refractivity contribution in [3.63, 3.8) is 0 Å². The number of nitriles is 1. The first-order valence-corrected chi connectivity index (χ1v) is 13.4. The number of rotatable bonds is 3. The molecule has 0 N–H and O–H groups in total. The number of fused-ring (bicyclic) bond motifs is 6. The molecule has 41 heavy (non-hydrogen) atoms. The molecule has 5 heteroatoms. The summed E-state index contributed by atoms with van der Waals surface area (Å²) in [5.41, 5.74) is 7.57. The Morgan fingerprint density at radius 3 is 1.83 bits per heavy atom. The van der Waals surface area contributed by atoms with E-state index in [0.29, 0.717) is 16.7 Å². The first-order chi connectivity index (χ1) is 20.2. The zero-order valence-electron chi connectivity index (χ0n) is 21.8. The van der Waals surface area contributed by atoms with E-state index in [1.165, 1.54) is 17.0 Å². The maximum absolute atomic E-state index is 15.0. The Bertz CT molecular complexity index is 2300. The van der Waals surface area contributed by atoms with Crippen LogP contribution in [0.25, 0.3) is 66.1 Å². The molecule has 0 amide bonds. The highest BCUT2D eigenvalue weighted by molar-refractivity contribution is 6.12. The molecule has 4 nitrogen and oxygen atoms in total. The van der Waals surface area contributed by atoms with Crippen LogP contribution in [0.2, 0.25) is 0 Å². The molecule has 3 aromatic heterocycles. The van der Waals surface area contributed by atoms with Crippen LogP contribution in [-0.4, -0.2) is 14.1 Å². The first-order valence-electron chi connectivity index (χ1n) is 13.4. The summed E-state index contributed by atoms with van der Waals surface area (Å²) in [5.74, 6) is -0.571. The smallest absolute Gasteiger partial charge is 0.220 e. The summed E-state index contributed by atoms with van der Waals surface area (Å²) >= 11 is 0. The molecule has 8 rings (SSSR count). The number of benzene rings is 5. The Hall–Kier alpha value is -5.73. The maximum atomic E-state index is 15.0. The summed E-state index contributed by atoms with van der Waals surface area (Å²) in [4.78, 5) is 3.89. The van der Waals surface area contributed by atoms with Gasteiger partial charge in [0, 0.05) is 44.6 Å². The van der Waals surface area contributed by atoms with Crippen LogP contribution in [0, 0.1) is 17.3 Å². The van der Waals surface area contributed by atoms with Crippen molar-refractivity contribution >= 4 is 43.6 Å². The van der Waals surface area contributed by atoms with Gasteiger partial charge in [-0.15, -0.1) is 0 Å². The number of halogens is 1. The van der Waals surface area contributed by atoms with Gasteiger partial charge < -0.3 is 9.13 Å². The second kappa shape index (κ2) is 8.90. The van der Waals surface area contributed by atoms with Crippen LogP contribution in [-0.2, 0) is 0 Å². The Labute approximate surface area is 234 Å². The average molecular weight is 529 g/mol. The molecule has 0 atom stereocenters. The number of pyridine rings is 1. The normalized spacial score (nSPS) is 11.5. The van der Waals surface area contributed by atoms with Crippen molar-refractivity contribution in [2.24, 2.45) is 0 Å². The molecular weight excluding hydrogens is 507 g/mol. The highest BCUT2D eigenvalue weighted by atomic mass is 19.1. The van der Waals surface area contributed by atoms with E-state index in [0.717, 1.165) is 44.2 Å². The molecule has 0 saturated carbocycles. The first kappa shape index (κ1) is 23.2. The van der Waals surface area contributed by atoms with Crippen molar-refractivity contribution in [2.45, 2.75) is 0 Å². The van der Waals surface area contributed by atoms with Crippen molar-refractivity contribution in [2.75, 3.05) is 0 Å².